The Morgan fingerprint density at radius 3 is 1.54 bits per heavy atom. The number of methoxy groups -OCH3 is 1. The Morgan fingerprint density at radius 2 is 1.23 bits per heavy atom. The van der Waals surface area contributed by atoms with E-state index in [1.165, 1.54) is 16.9 Å². The van der Waals surface area contributed by atoms with Crippen molar-refractivity contribution in [3.05, 3.63) is 0 Å². The number of hydrogen-bond acceptors (Lipinski definition) is 6. The molecule has 0 N–H and O–H groups in total. The van der Waals surface area contributed by atoms with E-state index in [0.717, 1.165) is 0 Å². The zero-order valence-electron chi connectivity index (χ0n) is 16.7. The summed E-state index contributed by atoms with van der Waals surface area (Å²) in [4.78, 5) is 40.4. The summed E-state index contributed by atoms with van der Waals surface area (Å²) in [6.07, 6.45) is -0.919. The molecule has 0 aromatic rings. The number of likely N-dealkylation sites (tertiary alicyclic amines) is 2. The van der Waals surface area contributed by atoms with Crippen molar-refractivity contribution >= 4 is 18.2 Å². The quantitative estimate of drug-likeness (QED) is 0.520. The second-order valence-corrected chi connectivity index (χ2v) is 9.07. The van der Waals surface area contributed by atoms with Crippen LogP contribution >= 0.6 is 0 Å². The number of carbonyl (C=O) groups excluding carboxylic acids is 3. The number of esters is 1. The highest BCUT2D eigenvalue weighted by atomic mass is 16.6. The van der Waals surface area contributed by atoms with Crippen LogP contribution in [0, 0.1) is 11.3 Å². The molecule has 0 radical (unpaired) electrons. The number of fused-ring (bicyclic) bond motifs is 1. The molecule has 26 heavy (non-hydrogen) atoms. The highest BCUT2D eigenvalue weighted by molar-refractivity contribution is 5.82. The van der Waals surface area contributed by atoms with Gasteiger partial charge in [0.2, 0.25) is 0 Å². The molecule has 8 heteroatoms. The first-order valence-electron chi connectivity index (χ1n) is 8.82. The molecule has 148 valence electrons. The average molecular weight is 370 g/mol. The highest BCUT2D eigenvalue weighted by Gasteiger charge is 2.60. The van der Waals surface area contributed by atoms with E-state index in [0.29, 0.717) is 13.1 Å². The normalized spacial score (nSPS) is 25.7. The van der Waals surface area contributed by atoms with Crippen molar-refractivity contribution in [2.75, 3.05) is 33.3 Å². The monoisotopic (exact) mass is 370 g/mol. The number of rotatable bonds is 1. The Bertz CT molecular complexity index is 549. The van der Waals surface area contributed by atoms with Gasteiger partial charge in [0.15, 0.2) is 0 Å². The summed E-state index contributed by atoms with van der Waals surface area (Å²) < 4.78 is 15.8. The summed E-state index contributed by atoms with van der Waals surface area (Å²) in [5.41, 5.74) is -2.17. The van der Waals surface area contributed by atoms with Crippen LogP contribution in [0.25, 0.3) is 0 Å². The second kappa shape index (κ2) is 6.63. The molecule has 2 heterocycles. The van der Waals surface area contributed by atoms with E-state index in [2.05, 4.69) is 0 Å². The topological polar surface area (TPSA) is 85.4 Å². The zero-order valence-corrected chi connectivity index (χ0v) is 16.7. The van der Waals surface area contributed by atoms with Crippen LogP contribution in [-0.2, 0) is 19.0 Å². The average Bonchev–Trinajstić information content (AvgIpc) is 2.97. The van der Waals surface area contributed by atoms with Gasteiger partial charge in [-0.2, -0.15) is 0 Å². The number of amides is 2. The van der Waals surface area contributed by atoms with E-state index < -0.39 is 34.8 Å². The maximum Gasteiger partial charge on any atom is 0.410 e. The lowest BCUT2D eigenvalue weighted by Gasteiger charge is -2.29. The largest absolute Gasteiger partial charge is 0.468 e. The maximum atomic E-state index is 12.5. The molecule has 0 unspecified atom stereocenters. The standard InChI is InChI=1S/C18H30N2O6/c1-16(2,3)25-14(22)19-8-12-9-20(15(23)26-17(4,5)6)11-18(12,10-19)13(21)24-7/h12H,8-11H2,1-7H3. The lowest BCUT2D eigenvalue weighted by molar-refractivity contribution is -0.152. The summed E-state index contributed by atoms with van der Waals surface area (Å²) >= 11 is 0. The Kier molecular flexibility index (Phi) is 5.18. The lowest BCUT2D eigenvalue weighted by atomic mass is 9.81. The molecule has 2 amide bonds. The summed E-state index contributed by atoms with van der Waals surface area (Å²) in [5, 5.41) is 0. The lowest BCUT2D eigenvalue weighted by Crippen LogP contribution is -2.45. The van der Waals surface area contributed by atoms with Gasteiger partial charge in [-0.25, -0.2) is 9.59 Å². The summed E-state index contributed by atoms with van der Waals surface area (Å²) in [6.45, 7) is 11.8. The molecule has 2 aliphatic heterocycles. The van der Waals surface area contributed by atoms with Gasteiger partial charge in [-0.15, -0.1) is 0 Å². The van der Waals surface area contributed by atoms with Crippen molar-refractivity contribution in [2.45, 2.75) is 52.7 Å². The zero-order chi connectivity index (χ0) is 19.9. The minimum atomic E-state index is -0.942. The summed E-state index contributed by atoms with van der Waals surface area (Å²) in [6, 6.07) is 0. The number of carbonyl (C=O) groups is 3. The van der Waals surface area contributed by atoms with E-state index in [-0.39, 0.29) is 19.0 Å². The third kappa shape index (κ3) is 4.22. The fourth-order valence-electron chi connectivity index (χ4n) is 3.49. The van der Waals surface area contributed by atoms with Crippen LogP contribution in [0.2, 0.25) is 0 Å². The second-order valence-electron chi connectivity index (χ2n) is 9.07. The molecule has 2 rings (SSSR count). The van der Waals surface area contributed by atoms with Crippen molar-refractivity contribution < 1.29 is 28.6 Å². The summed E-state index contributed by atoms with van der Waals surface area (Å²) in [5.74, 6) is -0.630. The molecular weight excluding hydrogens is 340 g/mol. The Morgan fingerprint density at radius 1 is 0.846 bits per heavy atom. The molecule has 0 aliphatic carbocycles. The smallest absolute Gasteiger partial charge is 0.410 e. The van der Waals surface area contributed by atoms with E-state index in [4.69, 9.17) is 14.2 Å². The van der Waals surface area contributed by atoms with Crippen molar-refractivity contribution in [1.29, 1.82) is 0 Å². The van der Waals surface area contributed by atoms with Crippen LogP contribution in [0.15, 0.2) is 0 Å². The van der Waals surface area contributed by atoms with Gasteiger partial charge >= 0.3 is 18.2 Å². The molecule has 2 aliphatic rings. The van der Waals surface area contributed by atoms with Crippen molar-refractivity contribution in [1.82, 2.24) is 9.80 Å². The highest BCUT2D eigenvalue weighted by Crippen LogP contribution is 2.44. The van der Waals surface area contributed by atoms with Gasteiger partial charge in [0, 0.05) is 32.1 Å². The molecule has 2 fully saturated rings. The molecule has 0 aromatic heterocycles. The van der Waals surface area contributed by atoms with Gasteiger partial charge in [-0.3, -0.25) is 4.79 Å². The van der Waals surface area contributed by atoms with Crippen LogP contribution in [0.4, 0.5) is 9.59 Å². The van der Waals surface area contributed by atoms with E-state index >= 15 is 0 Å². The van der Waals surface area contributed by atoms with E-state index in [9.17, 15) is 14.4 Å². The first kappa shape index (κ1) is 20.3. The minimum absolute atomic E-state index is 0.165. The minimum Gasteiger partial charge on any atom is -0.468 e. The summed E-state index contributed by atoms with van der Waals surface area (Å²) in [7, 11) is 1.32. The van der Waals surface area contributed by atoms with Gasteiger partial charge in [0.25, 0.3) is 0 Å². The SMILES string of the molecule is COC(=O)C12CN(C(=O)OC(C)(C)C)CC1CN(C(=O)OC(C)(C)C)C2. The third-order valence-corrected chi connectivity index (χ3v) is 4.50. The van der Waals surface area contributed by atoms with Gasteiger partial charge in [-0.1, -0.05) is 0 Å². The fourth-order valence-corrected chi connectivity index (χ4v) is 3.49. The molecule has 8 nitrogen and oxygen atoms in total. The van der Waals surface area contributed by atoms with Gasteiger partial charge in [-0.05, 0) is 41.5 Å². The number of nitrogens with zero attached hydrogens (tertiary/aromatic N) is 2. The molecule has 2 saturated heterocycles. The van der Waals surface area contributed by atoms with Crippen molar-refractivity contribution in [3.8, 4) is 0 Å². The third-order valence-electron chi connectivity index (χ3n) is 4.50. The molecule has 0 bridgehead atoms. The molecular formula is C18H30N2O6. The number of hydrogen-bond donors (Lipinski definition) is 0. The van der Waals surface area contributed by atoms with Gasteiger partial charge in [0.05, 0.1) is 7.11 Å². The Hall–Kier alpha value is -1.99. The van der Waals surface area contributed by atoms with E-state index in [1.54, 1.807) is 41.5 Å². The van der Waals surface area contributed by atoms with Crippen LogP contribution in [-0.4, -0.2) is 72.4 Å². The Balaban J connectivity index is 2.15. The van der Waals surface area contributed by atoms with Crippen LogP contribution in [0.1, 0.15) is 41.5 Å². The molecule has 0 aromatic carbocycles. The predicted octanol–water partition coefficient (Wildman–Crippen LogP) is 2.26. The van der Waals surface area contributed by atoms with Crippen LogP contribution < -0.4 is 0 Å². The van der Waals surface area contributed by atoms with Crippen LogP contribution in [0.3, 0.4) is 0 Å². The molecule has 0 atom stereocenters. The van der Waals surface area contributed by atoms with Gasteiger partial charge < -0.3 is 24.0 Å². The Labute approximate surface area is 154 Å². The molecule has 0 spiro atoms. The first-order valence-corrected chi connectivity index (χ1v) is 8.82. The maximum absolute atomic E-state index is 12.5. The fraction of sp³-hybridized carbons (Fsp3) is 0.833. The predicted molar refractivity (Wildman–Crippen MR) is 93.6 cm³/mol. The van der Waals surface area contributed by atoms with E-state index in [1.807, 2.05) is 0 Å². The van der Waals surface area contributed by atoms with Gasteiger partial charge in [0.1, 0.15) is 16.6 Å². The molecule has 0 saturated carbocycles. The van der Waals surface area contributed by atoms with Crippen molar-refractivity contribution in [3.63, 3.8) is 0 Å². The number of ether oxygens (including phenoxy) is 3. The first-order chi connectivity index (χ1) is 11.8. The van der Waals surface area contributed by atoms with Crippen molar-refractivity contribution in [2.24, 2.45) is 11.3 Å². The van der Waals surface area contributed by atoms with Crippen LogP contribution in [0.5, 0.6) is 0 Å².